The van der Waals surface area contributed by atoms with Crippen LogP contribution in [0.25, 0.3) is 0 Å². The quantitative estimate of drug-likeness (QED) is 0.841. The van der Waals surface area contributed by atoms with Crippen LogP contribution in [0.4, 0.5) is 19.5 Å². The van der Waals surface area contributed by atoms with E-state index in [1.165, 1.54) is 0 Å². The summed E-state index contributed by atoms with van der Waals surface area (Å²) in [6.45, 7) is 3.50. The van der Waals surface area contributed by atoms with Gasteiger partial charge in [0.25, 0.3) is 5.92 Å². The molecule has 6 nitrogen and oxygen atoms in total. The van der Waals surface area contributed by atoms with E-state index < -0.39 is 24.5 Å². The molecule has 3 rings (SSSR count). The number of carbonyl (C=O) groups is 1. The molecule has 1 aromatic carbocycles. The normalized spacial score (nSPS) is 18.6. The lowest BCUT2D eigenvalue weighted by Gasteiger charge is -2.37. The van der Waals surface area contributed by atoms with Crippen LogP contribution in [-0.2, 0) is 11.3 Å². The zero-order valence-electron chi connectivity index (χ0n) is 16.0. The van der Waals surface area contributed by atoms with Crippen LogP contribution in [0.3, 0.4) is 0 Å². The number of anilines is 1. The average Bonchev–Trinajstić information content (AvgIpc) is 2.67. The molecule has 0 saturated carbocycles. The Hall–Kier alpha value is -2.77. The minimum Gasteiger partial charge on any atom is -0.445 e. The second kappa shape index (κ2) is 8.50. The number of aryl methyl sites for hydroxylation is 2. The third-order valence-corrected chi connectivity index (χ3v) is 4.78. The first-order valence-corrected chi connectivity index (χ1v) is 9.21. The highest BCUT2D eigenvalue weighted by Crippen LogP contribution is 2.33. The summed E-state index contributed by atoms with van der Waals surface area (Å²) >= 11 is 0. The van der Waals surface area contributed by atoms with E-state index in [9.17, 15) is 13.6 Å². The summed E-state index contributed by atoms with van der Waals surface area (Å²) in [7, 11) is 0. The van der Waals surface area contributed by atoms with Crippen LogP contribution in [0.1, 0.15) is 23.1 Å². The van der Waals surface area contributed by atoms with Crippen molar-refractivity contribution in [3.63, 3.8) is 0 Å². The topological polar surface area (TPSA) is 67.3 Å². The SMILES string of the molecule is Cc1ccc(COC(=O)N2CC[C@H](CNc3ncc(C)cn3)C(F)(F)C2)cc1. The average molecular weight is 390 g/mol. The van der Waals surface area contributed by atoms with Crippen LogP contribution < -0.4 is 5.32 Å². The first-order valence-electron chi connectivity index (χ1n) is 9.21. The smallest absolute Gasteiger partial charge is 0.410 e. The van der Waals surface area contributed by atoms with Crippen molar-refractivity contribution in [1.29, 1.82) is 0 Å². The van der Waals surface area contributed by atoms with Gasteiger partial charge in [0.2, 0.25) is 5.95 Å². The zero-order chi connectivity index (χ0) is 20.1. The van der Waals surface area contributed by atoms with E-state index in [1.54, 1.807) is 12.4 Å². The van der Waals surface area contributed by atoms with E-state index in [4.69, 9.17) is 4.74 Å². The minimum absolute atomic E-state index is 0.0440. The number of alkyl halides is 2. The Kier molecular flexibility index (Phi) is 6.06. The molecule has 1 aliphatic heterocycles. The van der Waals surface area contributed by atoms with Crippen LogP contribution >= 0.6 is 0 Å². The fourth-order valence-corrected chi connectivity index (χ4v) is 3.01. The molecule has 1 N–H and O–H groups in total. The van der Waals surface area contributed by atoms with Crippen LogP contribution in [-0.4, -0.2) is 46.5 Å². The van der Waals surface area contributed by atoms with Gasteiger partial charge in [0, 0.05) is 31.4 Å². The Balaban J connectivity index is 1.49. The fourth-order valence-electron chi connectivity index (χ4n) is 3.01. The molecule has 0 unspecified atom stereocenters. The second-order valence-electron chi connectivity index (χ2n) is 7.17. The maximum Gasteiger partial charge on any atom is 0.410 e. The summed E-state index contributed by atoms with van der Waals surface area (Å²) in [5.74, 6) is -3.60. The summed E-state index contributed by atoms with van der Waals surface area (Å²) in [5.41, 5.74) is 2.82. The summed E-state index contributed by atoms with van der Waals surface area (Å²) < 4.78 is 34.2. The Labute approximate surface area is 162 Å². The molecule has 1 atom stereocenters. The van der Waals surface area contributed by atoms with Crippen molar-refractivity contribution in [2.45, 2.75) is 32.8 Å². The molecule has 0 aliphatic carbocycles. The first-order chi connectivity index (χ1) is 13.3. The van der Waals surface area contributed by atoms with Crippen molar-refractivity contribution in [2.75, 3.05) is 25.0 Å². The van der Waals surface area contributed by atoms with Crippen LogP contribution in [0, 0.1) is 19.8 Å². The number of benzene rings is 1. The summed E-state index contributed by atoms with van der Waals surface area (Å²) in [4.78, 5) is 21.4. The van der Waals surface area contributed by atoms with Gasteiger partial charge in [0.05, 0.1) is 6.54 Å². The minimum atomic E-state index is -3.02. The predicted octanol–water partition coefficient (Wildman–Crippen LogP) is 3.80. The van der Waals surface area contributed by atoms with Crippen molar-refractivity contribution in [1.82, 2.24) is 14.9 Å². The number of hydrogen-bond donors (Lipinski definition) is 1. The van der Waals surface area contributed by atoms with Gasteiger partial charge in [0.1, 0.15) is 6.61 Å². The molecule has 1 amide bonds. The van der Waals surface area contributed by atoms with Crippen molar-refractivity contribution < 1.29 is 18.3 Å². The Morgan fingerprint density at radius 1 is 1.21 bits per heavy atom. The number of piperidine rings is 1. The van der Waals surface area contributed by atoms with E-state index in [2.05, 4.69) is 15.3 Å². The number of carbonyl (C=O) groups excluding carboxylic acids is 1. The van der Waals surface area contributed by atoms with Gasteiger partial charge in [-0.25, -0.2) is 23.5 Å². The second-order valence-corrected chi connectivity index (χ2v) is 7.17. The molecule has 2 heterocycles. The number of amides is 1. The lowest BCUT2D eigenvalue weighted by atomic mass is 9.93. The van der Waals surface area contributed by atoms with Crippen LogP contribution in [0.15, 0.2) is 36.7 Å². The number of nitrogens with one attached hydrogen (secondary N) is 1. The van der Waals surface area contributed by atoms with E-state index in [-0.39, 0.29) is 26.1 Å². The van der Waals surface area contributed by atoms with Crippen molar-refractivity contribution in [3.8, 4) is 0 Å². The van der Waals surface area contributed by atoms with E-state index >= 15 is 0 Å². The number of likely N-dealkylation sites (tertiary alicyclic amines) is 1. The number of halogens is 2. The summed E-state index contributed by atoms with van der Waals surface area (Å²) in [5, 5.41) is 2.86. The van der Waals surface area contributed by atoms with E-state index in [0.717, 1.165) is 21.6 Å². The molecule has 1 fully saturated rings. The molecule has 0 radical (unpaired) electrons. The third kappa shape index (κ3) is 5.15. The van der Waals surface area contributed by atoms with Gasteiger partial charge < -0.3 is 15.0 Å². The molecule has 1 aliphatic rings. The highest BCUT2D eigenvalue weighted by Gasteiger charge is 2.46. The number of nitrogens with zero attached hydrogens (tertiary/aromatic N) is 3. The summed E-state index contributed by atoms with van der Waals surface area (Å²) in [6.07, 6.45) is 2.71. The standard InChI is InChI=1S/C20H24F2N4O2/c1-14-3-5-16(6-4-14)12-28-19(27)26-8-7-17(20(21,22)13-26)11-25-18-23-9-15(2)10-24-18/h3-6,9-10,17H,7-8,11-13H2,1-2H3,(H,23,24,25)/t17-/m1/s1. The summed E-state index contributed by atoms with van der Waals surface area (Å²) in [6, 6.07) is 7.52. The van der Waals surface area contributed by atoms with Gasteiger partial charge in [-0.3, -0.25) is 0 Å². The van der Waals surface area contributed by atoms with Gasteiger partial charge in [-0.1, -0.05) is 29.8 Å². The lowest BCUT2D eigenvalue weighted by Crippen LogP contribution is -2.52. The van der Waals surface area contributed by atoms with Gasteiger partial charge in [0.15, 0.2) is 0 Å². The highest BCUT2D eigenvalue weighted by atomic mass is 19.3. The molecule has 1 saturated heterocycles. The maximum absolute atomic E-state index is 14.5. The first kappa shape index (κ1) is 20.0. The number of rotatable bonds is 5. The van der Waals surface area contributed by atoms with Gasteiger partial charge in [-0.2, -0.15) is 0 Å². The predicted molar refractivity (Wildman–Crippen MR) is 101 cm³/mol. The Morgan fingerprint density at radius 2 is 1.89 bits per heavy atom. The zero-order valence-corrected chi connectivity index (χ0v) is 16.0. The maximum atomic E-state index is 14.5. The molecule has 8 heteroatoms. The van der Waals surface area contributed by atoms with E-state index in [1.807, 2.05) is 38.1 Å². The van der Waals surface area contributed by atoms with Crippen molar-refractivity contribution >= 4 is 12.0 Å². The molecule has 2 aromatic rings. The molecule has 28 heavy (non-hydrogen) atoms. The van der Waals surface area contributed by atoms with E-state index in [0.29, 0.717) is 5.95 Å². The van der Waals surface area contributed by atoms with Crippen molar-refractivity contribution in [2.24, 2.45) is 5.92 Å². The molecule has 0 bridgehead atoms. The monoisotopic (exact) mass is 390 g/mol. The molecular formula is C20H24F2N4O2. The lowest BCUT2D eigenvalue weighted by molar-refractivity contribution is -0.102. The van der Waals surface area contributed by atoms with Crippen molar-refractivity contribution in [3.05, 3.63) is 53.3 Å². The van der Waals surface area contributed by atoms with Crippen LogP contribution in [0.2, 0.25) is 0 Å². The molecule has 150 valence electrons. The molecular weight excluding hydrogens is 366 g/mol. The van der Waals surface area contributed by atoms with Gasteiger partial charge in [-0.05, 0) is 31.4 Å². The Morgan fingerprint density at radius 3 is 2.54 bits per heavy atom. The van der Waals surface area contributed by atoms with Gasteiger partial charge >= 0.3 is 6.09 Å². The molecule has 0 spiro atoms. The fraction of sp³-hybridized carbons (Fsp3) is 0.450. The third-order valence-electron chi connectivity index (χ3n) is 4.78. The largest absolute Gasteiger partial charge is 0.445 e. The van der Waals surface area contributed by atoms with Crippen LogP contribution in [0.5, 0.6) is 0 Å². The number of ether oxygens (including phenoxy) is 1. The number of aromatic nitrogens is 2. The number of hydrogen-bond acceptors (Lipinski definition) is 5. The Bertz CT molecular complexity index is 797. The van der Waals surface area contributed by atoms with Gasteiger partial charge in [-0.15, -0.1) is 0 Å². The highest BCUT2D eigenvalue weighted by molar-refractivity contribution is 5.68. The molecule has 1 aromatic heterocycles.